The standard InChI is InChI=1S/C9H21N3O/c1-6(2)8(4-10)5-12-7(3)9(11)13/h6-8,12H,4-5,10H2,1-3H3,(H2,11,13). The van der Waals surface area contributed by atoms with Crippen molar-refractivity contribution in [3.05, 3.63) is 0 Å². The second-order valence-corrected chi connectivity index (χ2v) is 3.77. The first-order chi connectivity index (χ1) is 5.99. The number of carbonyl (C=O) groups is 1. The van der Waals surface area contributed by atoms with E-state index in [1.807, 2.05) is 0 Å². The van der Waals surface area contributed by atoms with Gasteiger partial charge < -0.3 is 16.8 Å². The predicted molar refractivity (Wildman–Crippen MR) is 54.0 cm³/mol. The van der Waals surface area contributed by atoms with Crippen molar-refractivity contribution in [1.82, 2.24) is 5.32 Å². The Morgan fingerprint density at radius 1 is 1.38 bits per heavy atom. The molecule has 0 heterocycles. The SMILES string of the molecule is CC(NCC(CN)C(C)C)C(N)=O. The summed E-state index contributed by atoms with van der Waals surface area (Å²) in [6.07, 6.45) is 0. The van der Waals surface area contributed by atoms with Crippen molar-refractivity contribution in [3.63, 3.8) is 0 Å². The van der Waals surface area contributed by atoms with Crippen molar-refractivity contribution in [3.8, 4) is 0 Å². The van der Waals surface area contributed by atoms with Gasteiger partial charge in [0.1, 0.15) is 0 Å². The van der Waals surface area contributed by atoms with Gasteiger partial charge in [0.25, 0.3) is 0 Å². The molecule has 78 valence electrons. The Kier molecular flexibility index (Phi) is 5.66. The Balaban J connectivity index is 3.78. The zero-order valence-electron chi connectivity index (χ0n) is 8.71. The molecule has 0 rings (SSSR count). The van der Waals surface area contributed by atoms with Crippen molar-refractivity contribution in [2.45, 2.75) is 26.8 Å². The molecule has 0 spiro atoms. The molecule has 0 aromatic rings. The molecule has 0 radical (unpaired) electrons. The molecule has 0 fully saturated rings. The number of hydrogen-bond acceptors (Lipinski definition) is 3. The van der Waals surface area contributed by atoms with Gasteiger partial charge >= 0.3 is 0 Å². The maximum absolute atomic E-state index is 10.7. The Morgan fingerprint density at radius 3 is 2.23 bits per heavy atom. The van der Waals surface area contributed by atoms with Crippen molar-refractivity contribution < 1.29 is 4.79 Å². The second kappa shape index (κ2) is 5.94. The van der Waals surface area contributed by atoms with Gasteiger partial charge in [-0.1, -0.05) is 13.8 Å². The molecule has 2 atom stereocenters. The second-order valence-electron chi connectivity index (χ2n) is 3.77. The lowest BCUT2D eigenvalue weighted by molar-refractivity contribution is -0.119. The number of primary amides is 1. The lowest BCUT2D eigenvalue weighted by atomic mass is 9.96. The Bertz CT molecular complexity index is 159. The van der Waals surface area contributed by atoms with Gasteiger partial charge in [0.05, 0.1) is 6.04 Å². The van der Waals surface area contributed by atoms with Crippen molar-refractivity contribution >= 4 is 5.91 Å². The zero-order chi connectivity index (χ0) is 10.4. The summed E-state index contributed by atoms with van der Waals surface area (Å²) in [4.78, 5) is 10.7. The highest BCUT2D eigenvalue weighted by molar-refractivity contribution is 5.79. The summed E-state index contributed by atoms with van der Waals surface area (Å²) in [5, 5.41) is 3.06. The summed E-state index contributed by atoms with van der Waals surface area (Å²) in [6.45, 7) is 7.38. The Labute approximate surface area is 80.0 Å². The van der Waals surface area contributed by atoms with Crippen molar-refractivity contribution in [2.24, 2.45) is 23.3 Å². The smallest absolute Gasteiger partial charge is 0.234 e. The number of nitrogens with two attached hydrogens (primary N) is 2. The van der Waals surface area contributed by atoms with Gasteiger partial charge in [-0.3, -0.25) is 4.79 Å². The molecule has 0 saturated heterocycles. The molecule has 0 aliphatic heterocycles. The lowest BCUT2D eigenvalue weighted by Crippen LogP contribution is -2.43. The van der Waals surface area contributed by atoms with E-state index in [4.69, 9.17) is 11.5 Å². The minimum absolute atomic E-state index is 0.271. The molecule has 0 saturated carbocycles. The average Bonchev–Trinajstić information content (AvgIpc) is 2.04. The fourth-order valence-corrected chi connectivity index (χ4v) is 1.02. The van der Waals surface area contributed by atoms with Crippen LogP contribution in [0.1, 0.15) is 20.8 Å². The Hall–Kier alpha value is -0.610. The molecule has 4 nitrogen and oxygen atoms in total. The number of rotatable bonds is 6. The lowest BCUT2D eigenvalue weighted by Gasteiger charge is -2.21. The van der Waals surface area contributed by atoms with E-state index in [-0.39, 0.29) is 11.9 Å². The number of nitrogens with one attached hydrogen (secondary N) is 1. The van der Waals surface area contributed by atoms with Gasteiger partial charge in [-0.05, 0) is 25.3 Å². The van der Waals surface area contributed by atoms with Gasteiger partial charge in [0.15, 0.2) is 0 Å². The molecule has 0 bridgehead atoms. The maximum atomic E-state index is 10.7. The van der Waals surface area contributed by atoms with Crippen LogP contribution in [0.5, 0.6) is 0 Å². The van der Waals surface area contributed by atoms with Gasteiger partial charge in [0, 0.05) is 6.54 Å². The molecule has 0 aliphatic rings. The van der Waals surface area contributed by atoms with Crippen LogP contribution in [0.15, 0.2) is 0 Å². The van der Waals surface area contributed by atoms with Crippen LogP contribution in [-0.2, 0) is 4.79 Å². The van der Waals surface area contributed by atoms with E-state index in [1.165, 1.54) is 0 Å². The highest BCUT2D eigenvalue weighted by atomic mass is 16.1. The van der Waals surface area contributed by atoms with Gasteiger partial charge in [-0.15, -0.1) is 0 Å². The van der Waals surface area contributed by atoms with Crippen LogP contribution in [0.25, 0.3) is 0 Å². The first kappa shape index (κ1) is 12.4. The topological polar surface area (TPSA) is 81.1 Å². The minimum Gasteiger partial charge on any atom is -0.368 e. The first-order valence-corrected chi connectivity index (χ1v) is 4.71. The first-order valence-electron chi connectivity index (χ1n) is 4.71. The average molecular weight is 187 g/mol. The number of hydrogen-bond donors (Lipinski definition) is 3. The molecule has 13 heavy (non-hydrogen) atoms. The highest BCUT2D eigenvalue weighted by Crippen LogP contribution is 2.07. The zero-order valence-corrected chi connectivity index (χ0v) is 8.71. The normalized spacial score (nSPS) is 15.8. The molecular weight excluding hydrogens is 166 g/mol. The summed E-state index contributed by atoms with van der Waals surface area (Å²) < 4.78 is 0. The maximum Gasteiger partial charge on any atom is 0.234 e. The molecular formula is C9H21N3O. The molecule has 0 aromatic carbocycles. The highest BCUT2D eigenvalue weighted by Gasteiger charge is 2.14. The van der Waals surface area contributed by atoms with Crippen LogP contribution in [0.4, 0.5) is 0 Å². The van der Waals surface area contributed by atoms with E-state index in [0.29, 0.717) is 18.4 Å². The summed E-state index contributed by atoms with van der Waals surface area (Å²) in [7, 11) is 0. The summed E-state index contributed by atoms with van der Waals surface area (Å²) in [5.74, 6) is 0.610. The van der Waals surface area contributed by atoms with Gasteiger partial charge in [0.2, 0.25) is 5.91 Å². The molecule has 4 heteroatoms. The van der Waals surface area contributed by atoms with E-state index in [1.54, 1.807) is 6.92 Å². The van der Waals surface area contributed by atoms with Crippen molar-refractivity contribution in [2.75, 3.05) is 13.1 Å². The minimum atomic E-state index is -0.320. The number of carbonyl (C=O) groups excluding carboxylic acids is 1. The van der Waals surface area contributed by atoms with Gasteiger partial charge in [-0.25, -0.2) is 0 Å². The van der Waals surface area contributed by atoms with Crippen LogP contribution >= 0.6 is 0 Å². The largest absolute Gasteiger partial charge is 0.368 e. The predicted octanol–water partition coefficient (Wildman–Crippen LogP) is -0.319. The third kappa shape index (κ3) is 4.85. The fraction of sp³-hybridized carbons (Fsp3) is 0.889. The summed E-state index contributed by atoms with van der Waals surface area (Å²) in [5.41, 5.74) is 10.7. The van der Waals surface area contributed by atoms with Crippen LogP contribution in [0.3, 0.4) is 0 Å². The quantitative estimate of drug-likeness (QED) is 0.533. The van der Waals surface area contributed by atoms with E-state index in [0.717, 1.165) is 6.54 Å². The third-order valence-electron chi connectivity index (χ3n) is 2.36. The van der Waals surface area contributed by atoms with E-state index >= 15 is 0 Å². The Morgan fingerprint density at radius 2 is 1.92 bits per heavy atom. The molecule has 5 N–H and O–H groups in total. The molecule has 0 aromatic heterocycles. The molecule has 1 amide bonds. The van der Waals surface area contributed by atoms with E-state index in [2.05, 4.69) is 19.2 Å². The summed E-state index contributed by atoms with van der Waals surface area (Å²) in [6, 6.07) is -0.271. The molecule has 0 aliphatic carbocycles. The molecule has 2 unspecified atom stereocenters. The van der Waals surface area contributed by atoms with Crippen molar-refractivity contribution in [1.29, 1.82) is 0 Å². The van der Waals surface area contributed by atoms with Crippen LogP contribution in [0.2, 0.25) is 0 Å². The third-order valence-corrected chi connectivity index (χ3v) is 2.36. The number of amides is 1. The van der Waals surface area contributed by atoms with Crippen LogP contribution in [-0.4, -0.2) is 25.0 Å². The van der Waals surface area contributed by atoms with E-state index < -0.39 is 0 Å². The summed E-state index contributed by atoms with van der Waals surface area (Å²) >= 11 is 0. The van der Waals surface area contributed by atoms with Crippen LogP contribution in [0, 0.1) is 11.8 Å². The van der Waals surface area contributed by atoms with Gasteiger partial charge in [-0.2, -0.15) is 0 Å². The van der Waals surface area contributed by atoms with E-state index in [9.17, 15) is 4.79 Å². The fourth-order valence-electron chi connectivity index (χ4n) is 1.02. The van der Waals surface area contributed by atoms with Crippen LogP contribution < -0.4 is 16.8 Å². The monoisotopic (exact) mass is 187 g/mol.